The molecule has 0 aromatic heterocycles. The Morgan fingerprint density at radius 3 is 1.83 bits per heavy atom. The lowest BCUT2D eigenvalue weighted by Crippen LogP contribution is -3.28. The SMILES string of the molecule is C[C@@H](C#N)C[NH+]1CC[NH+](C(c2ccccc2)c2ccccc2)CC1. The van der Waals surface area contributed by atoms with E-state index in [9.17, 15) is 0 Å². The molecule has 0 unspecified atom stereocenters. The van der Waals surface area contributed by atoms with Crippen LogP contribution in [0, 0.1) is 17.2 Å². The van der Waals surface area contributed by atoms with Crippen LogP contribution >= 0.6 is 0 Å². The Bertz CT molecular complexity index is 615. The minimum absolute atomic E-state index is 0.153. The van der Waals surface area contributed by atoms with Crippen molar-refractivity contribution in [3.63, 3.8) is 0 Å². The van der Waals surface area contributed by atoms with Gasteiger partial charge in [0.25, 0.3) is 0 Å². The van der Waals surface area contributed by atoms with Crippen LogP contribution < -0.4 is 9.80 Å². The van der Waals surface area contributed by atoms with Gasteiger partial charge >= 0.3 is 0 Å². The summed E-state index contributed by atoms with van der Waals surface area (Å²) in [6, 6.07) is 24.5. The molecule has 0 saturated carbocycles. The van der Waals surface area contributed by atoms with Crippen LogP contribution in [0.2, 0.25) is 0 Å². The Balaban J connectivity index is 1.75. The zero-order valence-electron chi connectivity index (χ0n) is 14.4. The van der Waals surface area contributed by atoms with Crippen LogP contribution in [0.4, 0.5) is 0 Å². The summed E-state index contributed by atoms with van der Waals surface area (Å²) in [7, 11) is 0. The van der Waals surface area contributed by atoms with Gasteiger partial charge in [-0.15, -0.1) is 0 Å². The number of benzene rings is 2. The lowest BCUT2D eigenvalue weighted by molar-refractivity contribution is -1.02. The van der Waals surface area contributed by atoms with Gasteiger partial charge in [-0.25, -0.2) is 0 Å². The van der Waals surface area contributed by atoms with Crippen molar-refractivity contribution < 1.29 is 9.80 Å². The number of hydrogen-bond donors (Lipinski definition) is 2. The molecule has 124 valence electrons. The van der Waals surface area contributed by atoms with Crippen LogP contribution in [0.1, 0.15) is 24.1 Å². The summed E-state index contributed by atoms with van der Waals surface area (Å²) in [6.45, 7) is 7.62. The van der Waals surface area contributed by atoms with Crippen LogP contribution in [0.15, 0.2) is 60.7 Å². The summed E-state index contributed by atoms with van der Waals surface area (Å²) in [5, 5.41) is 9.03. The number of hydrogen-bond acceptors (Lipinski definition) is 1. The van der Waals surface area contributed by atoms with Gasteiger partial charge in [0.15, 0.2) is 0 Å². The molecular weight excluding hydrogens is 294 g/mol. The maximum absolute atomic E-state index is 9.03. The number of nitrogens with one attached hydrogen (secondary N) is 2. The van der Waals surface area contributed by atoms with Crippen LogP contribution in [-0.4, -0.2) is 32.7 Å². The Morgan fingerprint density at radius 1 is 0.875 bits per heavy atom. The molecule has 2 N–H and O–H groups in total. The standard InChI is InChI=1S/C21H25N3/c1-18(16-22)17-23-12-14-24(15-13-23)21(19-8-4-2-5-9-19)20-10-6-3-7-11-20/h2-11,18,21H,12-15,17H2,1H3/p+2/t18-/m0/s1. The Hall–Kier alpha value is -2.15. The molecule has 1 heterocycles. The van der Waals surface area contributed by atoms with Crippen molar-refractivity contribution in [2.24, 2.45) is 5.92 Å². The molecule has 1 fully saturated rings. The van der Waals surface area contributed by atoms with Crippen molar-refractivity contribution in [2.45, 2.75) is 13.0 Å². The van der Waals surface area contributed by atoms with Gasteiger partial charge in [0.05, 0.1) is 18.5 Å². The molecule has 0 bridgehead atoms. The first-order valence-electron chi connectivity index (χ1n) is 8.95. The van der Waals surface area contributed by atoms with Gasteiger partial charge < -0.3 is 9.80 Å². The number of rotatable bonds is 5. The lowest BCUT2D eigenvalue weighted by atomic mass is 9.96. The third-order valence-electron chi connectivity index (χ3n) is 5.09. The van der Waals surface area contributed by atoms with E-state index >= 15 is 0 Å². The molecular formula is C21H27N3+2. The maximum atomic E-state index is 9.03. The molecule has 3 rings (SSSR count). The van der Waals surface area contributed by atoms with Gasteiger partial charge in [0.2, 0.25) is 0 Å². The molecule has 0 spiro atoms. The van der Waals surface area contributed by atoms with Gasteiger partial charge in [-0.3, -0.25) is 0 Å². The molecule has 2 aromatic carbocycles. The molecule has 24 heavy (non-hydrogen) atoms. The number of piperazine rings is 1. The highest BCUT2D eigenvalue weighted by atomic mass is 15.3. The molecule has 3 heteroatoms. The van der Waals surface area contributed by atoms with Crippen LogP contribution in [0.25, 0.3) is 0 Å². The average molecular weight is 321 g/mol. The van der Waals surface area contributed by atoms with Crippen molar-refractivity contribution >= 4 is 0 Å². The van der Waals surface area contributed by atoms with E-state index in [-0.39, 0.29) is 5.92 Å². The van der Waals surface area contributed by atoms with Crippen molar-refractivity contribution in [1.29, 1.82) is 5.26 Å². The molecule has 2 aromatic rings. The zero-order valence-corrected chi connectivity index (χ0v) is 14.4. The number of nitriles is 1. The van der Waals surface area contributed by atoms with Crippen LogP contribution in [-0.2, 0) is 0 Å². The first-order chi connectivity index (χ1) is 11.8. The predicted octanol–water partition coefficient (Wildman–Crippen LogP) is 0.719. The van der Waals surface area contributed by atoms with Gasteiger partial charge in [0.1, 0.15) is 32.2 Å². The highest BCUT2D eigenvalue weighted by Gasteiger charge is 2.32. The molecule has 1 aliphatic heterocycles. The Labute approximate surface area is 145 Å². The van der Waals surface area contributed by atoms with Crippen molar-refractivity contribution in [3.05, 3.63) is 71.8 Å². The molecule has 1 saturated heterocycles. The Morgan fingerprint density at radius 2 is 1.38 bits per heavy atom. The third-order valence-corrected chi connectivity index (χ3v) is 5.09. The summed E-state index contributed by atoms with van der Waals surface area (Å²) in [5.74, 6) is 0.153. The summed E-state index contributed by atoms with van der Waals surface area (Å²) in [5.41, 5.74) is 2.79. The second kappa shape index (κ2) is 8.10. The monoisotopic (exact) mass is 321 g/mol. The van der Waals surface area contributed by atoms with E-state index in [0.29, 0.717) is 6.04 Å². The van der Waals surface area contributed by atoms with E-state index < -0.39 is 0 Å². The molecule has 0 radical (unpaired) electrons. The van der Waals surface area contributed by atoms with Crippen molar-refractivity contribution in [1.82, 2.24) is 0 Å². The minimum atomic E-state index is 0.153. The molecule has 0 aliphatic carbocycles. The zero-order chi connectivity index (χ0) is 16.8. The van der Waals surface area contributed by atoms with Crippen LogP contribution in [0.3, 0.4) is 0 Å². The normalized spacial score (nSPS) is 22.0. The smallest absolute Gasteiger partial charge is 0.139 e. The molecule has 1 atom stereocenters. The predicted molar refractivity (Wildman–Crippen MR) is 95.8 cm³/mol. The molecule has 3 nitrogen and oxygen atoms in total. The van der Waals surface area contributed by atoms with E-state index in [0.717, 1.165) is 32.7 Å². The quantitative estimate of drug-likeness (QED) is 0.836. The summed E-state index contributed by atoms with van der Waals surface area (Å²) in [6.07, 6.45) is 0. The Kier molecular flexibility index (Phi) is 5.63. The fourth-order valence-corrected chi connectivity index (χ4v) is 3.85. The van der Waals surface area contributed by atoms with E-state index in [1.54, 1.807) is 9.80 Å². The summed E-state index contributed by atoms with van der Waals surface area (Å²) >= 11 is 0. The van der Waals surface area contributed by atoms with Gasteiger partial charge in [-0.1, -0.05) is 60.7 Å². The lowest BCUT2D eigenvalue weighted by Gasteiger charge is -2.35. The summed E-state index contributed by atoms with van der Waals surface area (Å²) < 4.78 is 0. The average Bonchev–Trinajstić information content (AvgIpc) is 2.65. The van der Waals surface area contributed by atoms with E-state index in [4.69, 9.17) is 5.26 Å². The topological polar surface area (TPSA) is 32.7 Å². The molecule has 1 aliphatic rings. The minimum Gasteiger partial charge on any atom is -0.325 e. The van der Waals surface area contributed by atoms with Gasteiger partial charge in [-0.05, 0) is 6.92 Å². The first-order valence-corrected chi connectivity index (χ1v) is 8.95. The highest BCUT2D eigenvalue weighted by Crippen LogP contribution is 2.18. The van der Waals surface area contributed by atoms with E-state index in [2.05, 4.69) is 66.7 Å². The second-order valence-corrected chi connectivity index (χ2v) is 6.90. The highest BCUT2D eigenvalue weighted by molar-refractivity contribution is 5.29. The van der Waals surface area contributed by atoms with Crippen molar-refractivity contribution in [3.8, 4) is 6.07 Å². The number of quaternary nitrogens is 2. The van der Waals surface area contributed by atoms with Gasteiger partial charge in [0, 0.05) is 11.1 Å². The van der Waals surface area contributed by atoms with Gasteiger partial charge in [-0.2, -0.15) is 5.26 Å². The van der Waals surface area contributed by atoms with Crippen molar-refractivity contribution in [2.75, 3.05) is 32.7 Å². The number of nitrogens with zero attached hydrogens (tertiary/aromatic N) is 1. The fourth-order valence-electron chi connectivity index (χ4n) is 3.85. The largest absolute Gasteiger partial charge is 0.325 e. The van der Waals surface area contributed by atoms with E-state index in [1.165, 1.54) is 11.1 Å². The third kappa shape index (κ3) is 4.03. The maximum Gasteiger partial charge on any atom is 0.139 e. The van der Waals surface area contributed by atoms with Crippen LogP contribution in [0.5, 0.6) is 0 Å². The first kappa shape index (κ1) is 16.7. The second-order valence-electron chi connectivity index (χ2n) is 6.90. The summed E-state index contributed by atoms with van der Waals surface area (Å²) in [4.78, 5) is 3.22. The van der Waals surface area contributed by atoms with E-state index in [1.807, 2.05) is 6.92 Å². The fraction of sp³-hybridized carbons (Fsp3) is 0.381. The molecule has 0 amide bonds.